The molecule has 1 saturated heterocycles. The molecule has 31 heavy (non-hydrogen) atoms. The summed E-state index contributed by atoms with van der Waals surface area (Å²) < 4.78 is 17.8. The highest BCUT2D eigenvalue weighted by Gasteiger charge is 2.42. The van der Waals surface area contributed by atoms with E-state index in [4.69, 9.17) is 14.2 Å². The molecule has 0 radical (unpaired) electrons. The van der Waals surface area contributed by atoms with Gasteiger partial charge < -0.3 is 24.2 Å². The van der Waals surface area contributed by atoms with E-state index in [1.54, 1.807) is 23.1 Å². The summed E-state index contributed by atoms with van der Waals surface area (Å²) in [6, 6.07) is 12.6. The van der Waals surface area contributed by atoms with E-state index in [1.807, 2.05) is 45.0 Å². The maximum absolute atomic E-state index is 12.3. The highest BCUT2D eigenvalue weighted by atomic mass is 16.7. The van der Waals surface area contributed by atoms with Crippen LogP contribution in [0.25, 0.3) is 11.1 Å². The fourth-order valence-corrected chi connectivity index (χ4v) is 3.85. The lowest BCUT2D eigenvalue weighted by molar-refractivity contribution is -0.226. The third kappa shape index (κ3) is 4.66. The summed E-state index contributed by atoms with van der Waals surface area (Å²) in [5.41, 5.74) is 2.38. The minimum atomic E-state index is -0.953. The van der Waals surface area contributed by atoms with E-state index in [1.165, 1.54) is 0 Å². The summed E-state index contributed by atoms with van der Waals surface area (Å²) in [6.45, 7) is 6.97. The highest BCUT2D eigenvalue weighted by Crippen LogP contribution is 2.39. The zero-order valence-corrected chi connectivity index (χ0v) is 18.0. The van der Waals surface area contributed by atoms with Crippen molar-refractivity contribution in [2.45, 2.75) is 51.6 Å². The summed E-state index contributed by atoms with van der Waals surface area (Å²) in [5, 5.41) is 9.23. The van der Waals surface area contributed by atoms with Gasteiger partial charge in [0.15, 0.2) is 0 Å². The maximum atomic E-state index is 12.3. The van der Waals surface area contributed by atoms with Crippen LogP contribution in [0, 0.1) is 0 Å². The molecule has 0 atom stereocenters. The number of carboxylic acids is 1. The summed E-state index contributed by atoms with van der Waals surface area (Å²) in [7, 11) is 0. The predicted molar refractivity (Wildman–Crippen MR) is 114 cm³/mol. The molecule has 2 aliphatic heterocycles. The SMILES string of the molecule is CC(C)(C)OC(=O)N1CCC2(CC1)OCc1cc(-c3cccc(C(=O)O)c3)ccc1O2. The van der Waals surface area contributed by atoms with E-state index in [-0.39, 0.29) is 11.7 Å². The molecule has 2 aromatic rings. The van der Waals surface area contributed by atoms with Gasteiger partial charge in [0.2, 0.25) is 5.79 Å². The van der Waals surface area contributed by atoms with E-state index in [2.05, 4.69) is 0 Å². The second-order valence-corrected chi connectivity index (χ2v) is 8.98. The van der Waals surface area contributed by atoms with Crippen molar-refractivity contribution in [1.82, 2.24) is 4.90 Å². The Hall–Kier alpha value is -3.06. The largest absolute Gasteiger partial charge is 0.478 e. The van der Waals surface area contributed by atoms with Gasteiger partial charge in [-0.05, 0) is 56.2 Å². The van der Waals surface area contributed by atoms with E-state index in [0.29, 0.717) is 32.5 Å². The number of rotatable bonds is 2. The van der Waals surface area contributed by atoms with Crippen LogP contribution in [0.5, 0.6) is 5.75 Å². The number of hydrogen-bond donors (Lipinski definition) is 1. The average Bonchev–Trinajstić information content (AvgIpc) is 2.73. The van der Waals surface area contributed by atoms with Crippen molar-refractivity contribution in [1.29, 1.82) is 0 Å². The van der Waals surface area contributed by atoms with Gasteiger partial charge in [-0.1, -0.05) is 18.2 Å². The maximum Gasteiger partial charge on any atom is 0.410 e. The van der Waals surface area contributed by atoms with Crippen molar-refractivity contribution in [3.8, 4) is 16.9 Å². The Kier molecular flexibility index (Phi) is 5.39. The number of hydrogen-bond acceptors (Lipinski definition) is 5. The molecule has 0 bridgehead atoms. The zero-order chi connectivity index (χ0) is 22.2. The molecule has 4 rings (SSSR count). The first-order valence-electron chi connectivity index (χ1n) is 10.4. The number of likely N-dealkylation sites (tertiary alicyclic amines) is 1. The van der Waals surface area contributed by atoms with Crippen molar-refractivity contribution in [3.05, 3.63) is 53.6 Å². The molecule has 2 aliphatic rings. The van der Waals surface area contributed by atoms with Crippen LogP contribution in [0.3, 0.4) is 0 Å². The van der Waals surface area contributed by atoms with E-state index < -0.39 is 17.4 Å². The molecule has 1 fully saturated rings. The van der Waals surface area contributed by atoms with Gasteiger partial charge in [0.1, 0.15) is 11.4 Å². The third-order valence-electron chi connectivity index (χ3n) is 5.47. The lowest BCUT2D eigenvalue weighted by Gasteiger charge is -2.44. The molecular formula is C24H27NO6. The Labute approximate surface area is 181 Å². The van der Waals surface area contributed by atoms with Gasteiger partial charge in [-0.3, -0.25) is 0 Å². The first-order chi connectivity index (χ1) is 14.6. The quantitative estimate of drug-likeness (QED) is 0.751. The molecule has 1 spiro atoms. The molecule has 1 amide bonds. The number of benzene rings is 2. The van der Waals surface area contributed by atoms with Gasteiger partial charge in [0, 0.05) is 31.5 Å². The lowest BCUT2D eigenvalue weighted by Crippen LogP contribution is -2.53. The van der Waals surface area contributed by atoms with Crippen molar-refractivity contribution in [2.24, 2.45) is 0 Å². The van der Waals surface area contributed by atoms with Gasteiger partial charge in [-0.15, -0.1) is 0 Å². The fourth-order valence-electron chi connectivity index (χ4n) is 3.85. The summed E-state index contributed by atoms with van der Waals surface area (Å²) in [4.78, 5) is 25.2. The van der Waals surface area contributed by atoms with Crippen LogP contribution in [-0.4, -0.2) is 46.5 Å². The zero-order valence-electron chi connectivity index (χ0n) is 18.0. The lowest BCUT2D eigenvalue weighted by atomic mass is 9.98. The predicted octanol–water partition coefficient (Wildman–Crippen LogP) is 4.69. The fraction of sp³-hybridized carbons (Fsp3) is 0.417. The van der Waals surface area contributed by atoms with Gasteiger partial charge in [-0.2, -0.15) is 0 Å². The second kappa shape index (κ2) is 7.89. The Morgan fingerprint density at radius 3 is 2.45 bits per heavy atom. The molecule has 2 heterocycles. The number of nitrogens with zero attached hydrogens (tertiary/aromatic N) is 1. The Morgan fingerprint density at radius 1 is 1.06 bits per heavy atom. The van der Waals surface area contributed by atoms with Crippen LogP contribution >= 0.6 is 0 Å². The normalized spacial score (nSPS) is 17.6. The van der Waals surface area contributed by atoms with E-state index in [9.17, 15) is 14.7 Å². The number of aromatic carboxylic acids is 1. The molecule has 0 aliphatic carbocycles. The third-order valence-corrected chi connectivity index (χ3v) is 5.47. The molecule has 7 nitrogen and oxygen atoms in total. The van der Waals surface area contributed by atoms with Gasteiger partial charge in [-0.25, -0.2) is 9.59 Å². The Bertz CT molecular complexity index is 1000. The summed E-state index contributed by atoms with van der Waals surface area (Å²) in [6.07, 6.45) is 0.814. The number of carbonyl (C=O) groups is 2. The average molecular weight is 425 g/mol. The van der Waals surface area contributed by atoms with Crippen LogP contribution in [0.2, 0.25) is 0 Å². The highest BCUT2D eigenvalue weighted by molar-refractivity contribution is 5.89. The molecule has 0 saturated carbocycles. The first-order valence-corrected chi connectivity index (χ1v) is 10.4. The van der Waals surface area contributed by atoms with Crippen molar-refractivity contribution < 1.29 is 28.9 Å². The van der Waals surface area contributed by atoms with E-state index >= 15 is 0 Å². The van der Waals surface area contributed by atoms with Crippen molar-refractivity contribution >= 4 is 12.1 Å². The van der Waals surface area contributed by atoms with Gasteiger partial charge in [0.25, 0.3) is 0 Å². The number of piperidine rings is 1. The van der Waals surface area contributed by atoms with Crippen molar-refractivity contribution in [2.75, 3.05) is 13.1 Å². The van der Waals surface area contributed by atoms with Gasteiger partial charge in [0.05, 0.1) is 12.2 Å². The minimum absolute atomic E-state index is 0.249. The number of fused-ring (bicyclic) bond motifs is 1. The molecule has 1 N–H and O–H groups in total. The van der Waals surface area contributed by atoms with E-state index in [0.717, 1.165) is 22.4 Å². The van der Waals surface area contributed by atoms with Crippen LogP contribution in [0.4, 0.5) is 4.79 Å². The van der Waals surface area contributed by atoms with Crippen LogP contribution in [-0.2, 0) is 16.1 Å². The standard InChI is InChI=1S/C24H27NO6/c1-23(2,3)31-22(28)25-11-9-24(10-12-25)29-15-19-14-17(7-8-20(19)30-24)16-5-4-6-18(13-16)21(26)27/h4-8,13-14H,9-12,15H2,1-3H3,(H,26,27). The summed E-state index contributed by atoms with van der Waals surface area (Å²) >= 11 is 0. The van der Waals surface area contributed by atoms with Crippen LogP contribution < -0.4 is 4.74 Å². The molecule has 7 heteroatoms. The second-order valence-electron chi connectivity index (χ2n) is 8.98. The number of carboxylic acid groups (broad SMARTS) is 1. The number of carbonyl (C=O) groups excluding carboxylic acids is 1. The molecule has 0 unspecified atom stereocenters. The Morgan fingerprint density at radius 2 is 1.77 bits per heavy atom. The summed E-state index contributed by atoms with van der Waals surface area (Å²) in [5.74, 6) is -0.933. The molecule has 0 aromatic heterocycles. The topological polar surface area (TPSA) is 85.3 Å². The molecule has 164 valence electrons. The first kappa shape index (κ1) is 21.2. The van der Waals surface area contributed by atoms with Crippen LogP contribution in [0.1, 0.15) is 49.5 Å². The smallest absolute Gasteiger partial charge is 0.410 e. The molecule has 2 aromatic carbocycles. The minimum Gasteiger partial charge on any atom is -0.478 e. The number of ether oxygens (including phenoxy) is 3. The monoisotopic (exact) mass is 425 g/mol. The van der Waals surface area contributed by atoms with Crippen molar-refractivity contribution in [3.63, 3.8) is 0 Å². The van der Waals surface area contributed by atoms with Gasteiger partial charge >= 0.3 is 12.1 Å². The Balaban J connectivity index is 1.45. The molecular weight excluding hydrogens is 398 g/mol. The van der Waals surface area contributed by atoms with Crippen LogP contribution in [0.15, 0.2) is 42.5 Å². The number of amides is 1.